The van der Waals surface area contributed by atoms with Gasteiger partial charge in [-0.05, 0) is 143 Å². The number of alkyl halides is 6. The van der Waals surface area contributed by atoms with E-state index in [0.29, 0.717) is 35.9 Å². The van der Waals surface area contributed by atoms with Gasteiger partial charge >= 0.3 is 12.4 Å². The minimum atomic E-state index is -4.45. The minimum absolute atomic E-state index is 0.126. The van der Waals surface area contributed by atoms with E-state index in [1.165, 1.54) is 35.4 Å². The number of likely N-dealkylation sites (tertiary alicyclic amines) is 2. The number of hydrogen-bond donors (Lipinski definition) is 0. The first-order valence-corrected chi connectivity index (χ1v) is 26.6. The van der Waals surface area contributed by atoms with Crippen molar-refractivity contribution in [2.24, 2.45) is 0 Å². The molecule has 2 aromatic heterocycles. The van der Waals surface area contributed by atoms with Gasteiger partial charge in [-0.25, -0.2) is 0 Å². The van der Waals surface area contributed by atoms with Crippen LogP contribution in [0.25, 0.3) is 11.4 Å². The van der Waals surface area contributed by atoms with Gasteiger partial charge in [-0.1, -0.05) is 135 Å². The van der Waals surface area contributed by atoms with Crippen LogP contribution in [-0.2, 0) is 25.4 Å². The molecule has 0 unspecified atom stereocenters. The van der Waals surface area contributed by atoms with E-state index >= 15 is 0 Å². The van der Waals surface area contributed by atoms with Crippen molar-refractivity contribution in [3.8, 4) is 11.4 Å². The number of para-hydroxylation sites is 2. The van der Waals surface area contributed by atoms with Crippen molar-refractivity contribution in [3.05, 3.63) is 213 Å². The van der Waals surface area contributed by atoms with Crippen LogP contribution in [0.5, 0.6) is 0 Å². The maximum Gasteiger partial charge on any atom is 0.416 e. The summed E-state index contributed by atoms with van der Waals surface area (Å²) in [7, 11) is 0. The number of rotatable bonds is 16. The Bertz CT molecular complexity index is 2980. The molecule has 408 valence electrons. The fourth-order valence-corrected chi connectivity index (χ4v) is 11.5. The predicted octanol–water partition coefficient (Wildman–Crippen LogP) is 12.0. The van der Waals surface area contributed by atoms with Crippen LogP contribution in [0, 0.1) is 27.7 Å². The molecule has 18 heteroatoms. The lowest BCUT2D eigenvalue weighted by Gasteiger charge is -2.35. The molecule has 0 aliphatic carbocycles. The van der Waals surface area contributed by atoms with Gasteiger partial charge in [0.05, 0.1) is 34.6 Å². The van der Waals surface area contributed by atoms with Crippen molar-refractivity contribution in [2.75, 3.05) is 39.3 Å². The Hall–Kier alpha value is -7.12. The molecule has 2 fully saturated rings. The van der Waals surface area contributed by atoms with Gasteiger partial charge in [0.2, 0.25) is 0 Å². The van der Waals surface area contributed by atoms with Crippen LogP contribution >= 0.6 is 0 Å². The van der Waals surface area contributed by atoms with Crippen molar-refractivity contribution in [2.45, 2.75) is 104 Å². The zero-order chi connectivity index (χ0) is 55.1. The number of likely N-dealkylation sites (N-methyl/N-ethyl adjacent to an activating group) is 2. The van der Waals surface area contributed by atoms with Crippen molar-refractivity contribution in [1.82, 2.24) is 60.0 Å². The van der Waals surface area contributed by atoms with Crippen LogP contribution in [0.2, 0.25) is 0 Å². The number of nitrogens with zero attached hydrogens (tertiary/aromatic N) is 12. The van der Waals surface area contributed by atoms with E-state index in [4.69, 9.17) is 0 Å². The molecule has 6 aromatic carbocycles. The fraction of sp³-hybridized carbons (Fsp3) is 0.367. The molecule has 0 spiro atoms. The smallest absolute Gasteiger partial charge is 0.297 e. The van der Waals surface area contributed by atoms with Gasteiger partial charge in [-0.3, -0.25) is 19.6 Å². The van der Waals surface area contributed by atoms with Gasteiger partial charge < -0.3 is 0 Å². The summed E-state index contributed by atoms with van der Waals surface area (Å²) in [4.78, 5) is 9.33. The van der Waals surface area contributed by atoms with E-state index in [1.54, 1.807) is 21.5 Å². The first-order chi connectivity index (χ1) is 37.5. The van der Waals surface area contributed by atoms with Crippen LogP contribution in [0.4, 0.5) is 26.3 Å². The maximum absolute atomic E-state index is 13.8. The summed E-state index contributed by atoms with van der Waals surface area (Å²) in [5, 5.41) is 25.6. The summed E-state index contributed by atoms with van der Waals surface area (Å²) in [6.07, 6.45) is -7.09. The molecule has 2 saturated heterocycles. The molecular weight excluding hydrogens is 1000 g/mol. The molecule has 0 bridgehead atoms. The molecule has 2 aliphatic rings. The zero-order valence-electron chi connectivity index (χ0n) is 44.9. The molecule has 8 aromatic rings. The van der Waals surface area contributed by atoms with E-state index in [1.807, 2.05) is 114 Å². The molecule has 0 amide bonds. The molecule has 12 nitrogen and oxygen atoms in total. The van der Waals surface area contributed by atoms with E-state index in [0.717, 1.165) is 97.9 Å². The molecule has 4 heterocycles. The molecule has 4 atom stereocenters. The Morgan fingerprint density at radius 3 is 1.19 bits per heavy atom. The van der Waals surface area contributed by atoms with Gasteiger partial charge in [-0.2, -0.15) is 35.7 Å². The maximum atomic E-state index is 13.8. The third-order valence-electron chi connectivity index (χ3n) is 15.2. The molecule has 78 heavy (non-hydrogen) atoms. The van der Waals surface area contributed by atoms with Gasteiger partial charge in [-0.15, -0.1) is 10.2 Å². The second-order valence-corrected chi connectivity index (χ2v) is 20.4. The van der Waals surface area contributed by atoms with Gasteiger partial charge in [0, 0.05) is 51.4 Å². The normalized spacial score (nSPS) is 17.2. The predicted molar refractivity (Wildman–Crippen MR) is 289 cm³/mol. The second kappa shape index (κ2) is 24.3. The van der Waals surface area contributed by atoms with Crippen LogP contribution in [0.15, 0.2) is 146 Å². The SMILES string of the molecule is CCN([C@@H]1CCN(Cc2ccccc2)C1)[C@@H](c1cccc(C(F)(F)F)c1)c1nnnn1-c1c(C)cccc1C.CCN([C@@H]1CCN(Cc2ccccc2)C1)[C@H](c1cccc(C(F)(F)F)c1)c1nnnn1-c1c(C)cccc1C. The van der Waals surface area contributed by atoms with Gasteiger partial charge in [0.25, 0.3) is 0 Å². The van der Waals surface area contributed by atoms with E-state index in [-0.39, 0.29) is 12.1 Å². The lowest BCUT2D eigenvalue weighted by molar-refractivity contribution is -0.138. The molecule has 2 aliphatic heterocycles. The standard InChI is InChI=1S/2C30H33F3N6/c2*1-4-38(26-16-17-37(20-26)19-23-12-6-5-7-13-23)28(24-14-9-15-25(18-24)30(31,32)33)29-34-35-36-39(29)27-21(2)10-8-11-22(27)3/h2*5-15,18,26,28H,4,16-17,19-20H2,1-3H3/t26-,28+;26-,28-/m11/s1. The molecule has 0 N–H and O–H groups in total. The Morgan fingerprint density at radius 1 is 0.487 bits per heavy atom. The Labute approximate surface area is 452 Å². The average Bonchev–Trinajstić information content (AvgIpc) is 4.30. The van der Waals surface area contributed by atoms with Gasteiger partial charge in [0.1, 0.15) is 0 Å². The molecule has 0 radical (unpaired) electrons. The minimum Gasteiger partial charge on any atom is -0.297 e. The third kappa shape index (κ3) is 12.6. The summed E-state index contributed by atoms with van der Waals surface area (Å²) in [5.74, 6) is 1.02. The lowest BCUT2D eigenvalue weighted by Crippen LogP contribution is -2.41. The van der Waals surface area contributed by atoms with Gasteiger partial charge in [0.15, 0.2) is 11.6 Å². The number of benzene rings is 6. The number of tetrazole rings is 2. The highest BCUT2D eigenvalue weighted by molar-refractivity contribution is 5.49. The quantitative estimate of drug-likeness (QED) is 0.0870. The van der Waals surface area contributed by atoms with Crippen molar-refractivity contribution in [1.29, 1.82) is 0 Å². The highest BCUT2D eigenvalue weighted by atomic mass is 19.4. The highest BCUT2D eigenvalue weighted by Crippen LogP contribution is 2.39. The summed E-state index contributed by atoms with van der Waals surface area (Å²) < 4.78 is 86.2. The number of aryl methyl sites for hydroxylation is 4. The van der Waals surface area contributed by atoms with Crippen molar-refractivity contribution >= 4 is 0 Å². The Kier molecular flexibility index (Phi) is 17.3. The van der Waals surface area contributed by atoms with E-state index < -0.39 is 35.6 Å². The van der Waals surface area contributed by atoms with E-state index in [2.05, 4.69) is 74.9 Å². The number of hydrogen-bond acceptors (Lipinski definition) is 10. The number of halogens is 6. The van der Waals surface area contributed by atoms with Crippen LogP contribution < -0.4 is 0 Å². The number of aromatic nitrogens is 8. The molecule has 0 saturated carbocycles. The largest absolute Gasteiger partial charge is 0.416 e. The highest BCUT2D eigenvalue weighted by Gasteiger charge is 2.40. The average molecular weight is 1070 g/mol. The van der Waals surface area contributed by atoms with Crippen molar-refractivity contribution in [3.63, 3.8) is 0 Å². The Balaban J connectivity index is 0.000000190. The zero-order valence-corrected chi connectivity index (χ0v) is 44.9. The first-order valence-electron chi connectivity index (χ1n) is 26.6. The summed E-state index contributed by atoms with van der Waals surface area (Å²) in [5.41, 5.74) is 7.84. The summed E-state index contributed by atoms with van der Waals surface area (Å²) in [6.45, 7) is 18.4. The van der Waals surface area contributed by atoms with Crippen LogP contribution in [0.1, 0.15) is 106 Å². The van der Waals surface area contributed by atoms with E-state index in [9.17, 15) is 26.3 Å². The second-order valence-electron chi connectivity index (χ2n) is 20.4. The molecular formula is C60H66F6N12. The molecule has 10 rings (SSSR count). The van der Waals surface area contributed by atoms with Crippen molar-refractivity contribution < 1.29 is 26.3 Å². The lowest BCUT2D eigenvalue weighted by atomic mass is 9.99. The monoisotopic (exact) mass is 1070 g/mol. The summed E-state index contributed by atoms with van der Waals surface area (Å²) >= 11 is 0. The summed E-state index contributed by atoms with van der Waals surface area (Å²) in [6, 6.07) is 42.9. The first kappa shape index (κ1) is 55.6. The fourth-order valence-electron chi connectivity index (χ4n) is 11.5. The third-order valence-corrected chi connectivity index (χ3v) is 15.2. The van der Waals surface area contributed by atoms with Crippen LogP contribution in [0.3, 0.4) is 0 Å². The topological polar surface area (TPSA) is 100 Å². The van der Waals surface area contributed by atoms with Crippen LogP contribution in [-0.4, -0.2) is 111 Å². The Morgan fingerprint density at radius 2 is 0.846 bits per heavy atom.